The third kappa shape index (κ3) is 3.74. The van der Waals surface area contributed by atoms with E-state index in [2.05, 4.69) is 15.2 Å². The van der Waals surface area contributed by atoms with Crippen molar-refractivity contribution in [3.05, 3.63) is 47.5 Å². The molecule has 4 rings (SSSR count). The van der Waals surface area contributed by atoms with Crippen molar-refractivity contribution in [1.29, 1.82) is 0 Å². The third-order valence-electron chi connectivity index (χ3n) is 5.17. The Morgan fingerprint density at radius 1 is 1.28 bits per heavy atom. The van der Waals surface area contributed by atoms with E-state index in [1.807, 2.05) is 36.4 Å². The van der Waals surface area contributed by atoms with Gasteiger partial charge in [-0.25, -0.2) is 0 Å². The van der Waals surface area contributed by atoms with Gasteiger partial charge in [0.15, 0.2) is 0 Å². The molecule has 1 amide bonds. The van der Waals surface area contributed by atoms with Crippen molar-refractivity contribution in [2.24, 2.45) is 11.8 Å². The Balaban J connectivity index is 1.47. The lowest BCUT2D eigenvalue weighted by Crippen LogP contribution is -2.29. The molecule has 1 saturated heterocycles. The zero-order valence-corrected chi connectivity index (χ0v) is 14.5. The van der Waals surface area contributed by atoms with Crippen molar-refractivity contribution in [3.63, 3.8) is 0 Å². The topological polar surface area (TPSA) is 71.1 Å². The normalized spacial score (nSPS) is 23.2. The highest BCUT2D eigenvalue weighted by Gasteiger charge is 2.37. The number of aromatic nitrogens is 3. The van der Waals surface area contributed by atoms with Gasteiger partial charge >= 0.3 is 0 Å². The predicted molar refractivity (Wildman–Crippen MR) is 93.2 cm³/mol. The maximum absolute atomic E-state index is 12.8. The van der Waals surface area contributed by atoms with Crippen LogP contribution in [0.3, 0.4) is 0 Å². The summed E-state index contributed by atoms with van der Waals surface area (Å²) in [7, 11) is 0. The number of likely N-dealkylation sites (tertiary alicyclic amines) is 1. The van der Waals surface area contributed by atoms with Gasteiger partial charge in [0.25, 0.3) is 5.91 Å². The van der Waals surface area contributed by atoms with Crippen molar-refractivity contribution < 1.29 is 9.53 Å². The molecule has 1 aliphatic heterocycles. The Labute approximate surface area is 147 Å². The van der Waals surface area contributed by atoms with Crippen LogP contribution in [-0.4, -0.2) is 52.3 Å². The number of carbonyl (C=O) groups is 1. The zero-order valence-electron chi connectivity index (χ0n) is 14.5. The van der Waals surface area contributed by atoms with E-state index in [0.29, 0.717) is 31.3 Å². The summed E-state index contributed by atoms with van der Waals surface area (Å²) >= 11 is 0. The number of nitrogens with one attached hydrogen (secondary N) is 1. The van der Waals surface area contributed by atoms with Crippen molar-refractivity contribution in [2.45, 2.75) is 25.7 Å². The molecule has 2 aromatic heterocycles. The first-order chi connectivity index (χ1) is 12.2. The molecule has 132 valence electrons. The number of aryl methyl sites for hydroxylation is 1. The van der Waals surface area contributed by atoms with Crippen LogP contribution >= 0.6 is 0 Å². The summed E-state index contributed by atoms with van der Waals surface area (Å²) in [5.74, 6) is 1.34. The summed E-state index contributed by atoms with van der Waals surface area (Å²) in [5, 5.41) is 6.97. The molecule has 6 heteroatoms. The van der Waals surface area contributed by atoms with Crippen molar-refractivity contribution in [2.75, 3.05) is 26.3 Å². The average Bonchev–Trinajstić information content (AvgIpc) is 3.19. The molecule has 0 unspecified atom stereocenters. The van der Waals surface area contributed by atoms with E-state index in [1.165, 1.54) is 18.4 Å². The van der Waals surface area contributed by atoms with Gasteiger partial charge < -0.3 is 9.64 Å². The Bertz CT molecular complexity index is 726. The number of aromatic amines is 1. The number of pyridine rings is 1. The van der Waals surface area contributed by atoms with Crippen molar-refractivity contribution in [1.82, 2.24) is 20.1 Å². The predicted octanol–water partition coefficient (Wildman–Crippen LogP) is 2.40. The maximum atomic E-state index is 12.8. The lowest BCUT2D eigenvalue weighted by Gasteiger charge is -2.18. The minimum atomic E-state index is -0.00639. The second kappa shape index (κ2) is 6.96. The molecular formula is C19H24N4O2. The van der Waals surface area contributed by atoms with E-state index < -0.39 is 0 Å². The standard InChI is InChI=1S/C19H24N4O2/c1-13-8-18(22-21-13)19(24)23-9-16(12-25-11-14-2-3-14)17(10-23)15-4-6-20-7-5-15/h4-8,14,16-17H,2-3,9-12H2,1H3,(H,21,22)/t16-,17-/m0/s1. The molecule has 25 heavy (non-hydrogen) atoms. The Morgan fingerprint density at radius 3 is 2.76 bits per heavy atom. The summed E-state index contributed by atoms with van der Waals surface area (Å²) < 4.78 is 5.96. The van der Waals surface area contributed by atoms with Gasteiger partial charge in [-0.2, -0.15) is 5.10 Å². The van der Waals surface area contributed by atoms with E-state index in [4.69, 9.17) is 4.74 Å². The molecule has 0 spiro atoms. The summed E-state index contributed by atoms with van der Waals surface area (Å²) in [4.78, 5) is 18.8. The molecule has 0 bridgehead atoms. The van der Waals surface area contributed by atoms with E-state index in [1.54, 1.807) is 6.07 Å². The van der Waals surface area contributed by atoms with Crippen LogP contribution < -0.4 is 0 Å². The number of amides is 1. The fraction of sp³-hybridized carbons (Fsp3) is 0.526. The van der Waals surface area contributed by atoms with Crippen molar-refractivity contribution in [3.8, 4) is 0 Å². The largest absolute Gasteiger partial charge is 0.381 e. The number of rotatable bonds is 6. The molecule has 3 heterocycles. The molecule has 2 aromatic rings. The quantitative estimate of drug-likeness (QED) is 0.876. The van der Waals surface area contributed by atoms with E-state index in [0.717, 1.165) is 18.2 Å². The number of H-pyrrole nitrogens is 1. The highest BCUT2D eigenvalue weighted by Crippen LogP contribution is 2.34. The molecule has 2 aliphatic rings. The van der Waals surface area contributed by atoms with Gasteiger partial charge in [-0.15, -0.1) is 0 Å². The highest BCUT2D eigenvalue weighted by atomic mass is 16.5. The monoisotopic (exact) mass is 340 g/mol. The number of nitrogens with zero attached hydrogens (tertiary/aromatic N) is 3. The summed E-state index contributed by atoms with van der Waals surface area (Å²) in [5.41, 5.74) is 2.62. The van der Waals surface area contributed by atoms with E-state index in [9.17, 15) is 4.79 Å². The second-order valence-corrected chi connectivity index (χ2v) is 7.27. The third-order valence-corrected chi connectivity index (χ3v) is 5.17. The maximum Gasteiger partial charge on any atom is 0.274 e. The fourth-order valence-electron chi connectivity index (χ4n) is 3.55. The fourth-order valence-corrected chi connectivity index (χ4v) is 3.55. The van der Waals surface area contributed by atoms with Gasteiger partial charge in [-0.3, -0.25) is 14.9 Å². The van der Waals surface area contributed by atoms with Gasteiger partial charge in [0, 0.05) is 49.6 Å². The van der Waals surface area contributed by atoms with Gasteiger partial charge in [0.2, 0.25) is 0 Å². The Morgan fingerprint density at radius 2 is 2.08 bits per heavy atom. The average molecular weight is 340 g/mol. The Kier molecular flexibility index (Phi) is 4.53. The van der Waals surface area contributed by atoms with Gasteiger partial charge in [-0.1, -0.05) is 0 Å². The molecule has 2 atom stereocenters. The summed E-state index contributed by atoms with van der Waals surface area (Å²) in [6, 6.07) is 5.90. The van der Waals surface area contributed by atoms with Crippen LogP contribution in [-0.2, 0) is 4.74 Å². The SMILES string of the molecule is Cc1cc(C(=O)N2C[C@@H](COCC3CC3)[C@H](c3ccncc3)C2)n[nH]1. The lowest BCUT2D eigenvalue weighted by atomic mass is 9.90. The van der Waals surface area contributed by atoms with Gasteiger partial charge in [0.1, 0.15) is 5.69 Å². The van der Waals surface area contributed by atoms with Crippen LogP contribution in [0.2, 0.25) is 0 Å². The molecule has 1 aliphatic carbocycles. The highest BCUT2D eigenvalue weighted by molar-refractivity contribution is 5.92. The molecule has 6 nitrogen and oxygen atoms in total. The molecule has 1 N–H and O–H groups in total. The first kappa shape index (κ1) is 16.3. The Hall–Kier alpha value is -2.21. The first-order valence-electron chi connectivity index (χ1n) is 8.99. The summed E-state index contributed by atoms with van der Waals surface area (Å²) in [6.07, 6.45) is 6.22. The smallest absolute Gasteiger partial charge is 0.274 e. The van der Waals surface area contributed by atoms with Crippen LogP contribution in [0, 0.1) is 18.8 Å². The zero-order chi connectivity index (χ0) is 17.2. The van der Waals surface area contributed by atoms with Crippen molar-refractivity contribution >= 4 is 5.91 Å². The van der Waals surface area contributed by atoms with Crippen LogP contribution in [0.5, 0.6) is 0 Å². The van der Waals surface area contributed by atoms with Gasteiger partial charge in [0.05, 0.1) is 6.61 Å². The molecule has 0 radical (unpaired) electrons. The van der Waals surface area contributed by atoms with Crippen LogP contribution in [0.25, 0.3) is 0 Å². The molecule has 2 fully saturated rings. The van der Waals surface area contributed by atoms with Gasteiger partial charge in [-0.05, 0) is 49.4 Å². The van der Waals surface area contributed by atoms with E-state index in [-0.39, 0.29) is 11.8 Å². The molecule has 1 saturated carbocycles. The summed E-state index contributed by atoms with van der Waals surface area (Å²) in [6.45, 7) is 4.87. The number of hydrogen-bond donors (Lipinski definition) is 1. The van der Waals surface area contributed by atoms with Crippen LogP contribution in [0.1, 0.15) is 40.5 Å². The van der Waals surface area contributed by atoms with Crippen LogP contribution in [0.15, 0.2) is 30.6 Å². The molecule has 0 aromatic carbocycles. The lowest BCUT2D eigenvalue weighted by molar-refractivity contribution is 0.0735. The second-order valence-electron chi connectivity index (χ2n) is 7.27. The minimum absolute atomic E-state index is 0.00639. The minimum Gasteiger partial charge on any atom is -0.381 e. The first-order valence-corrected chi connectivity index (χ1v) is 8.99. The number of ether oxygens (including phenoxy) is 1. The van der Waals surface area contributed by atoms with E-state index >= 15 is 0 Å². The van der Waals surface area contributed by atoms with Crippen LogP contribution in [0.4, 0.5) is 0 Å². The molecular weight excluding hydrogens is 316 g/mol. The number of carbonyl (C=O) groups excluding carboxylic acids is 1. The number of hydrogen-bond acceptors (Lipinski definition) is 4.